The summed E-state index contributed by atoms with van der Waals surface area (Å²) in [5, 5.41) is 3.92. The summed E-state index contributed by atoms with van der Waals surface area (Å²) >= 11 is 11.8. The van der Waals surface area contributed by atoms with Gasteiger partial charge in [0, 0.05) is 31.7 Å². The molecule has 1 aromatic carbocycles. The highest BCUT2D eigenvalue weighted by Crippen LogP contribution is 2.30. The zero-order chi connectivity index (χ0) is 20.8. The van der Waals surface area contributed by atoms with Crippen molar-refractivity contribution < 1.29 is 9.47 Å². The Kier molecular flexibility index (Phi) is 7.81. The van der Waals surface area contributed by atoms with Crippen LogP contribution in [0.4, 0.5) is 5.82 Å². The van der Waals surface area contributed by atoms with Crippen molar-refractivity contribution in [3.05, 3.63) is 40.3 Å². The van der Waals surface area contributed by atoms with E-state index in [4.69, 9.17) is 32.7 Å². The molecule has 2 aromatic rings. The van der Waals surface area contributed by atoms with Gasteiger partial charge in [0.05, 0.1) is 12.7 Å². The lowest BCUT2D eigenvalue weighted by Gasteiger charge is -2.32. The predicted molar refractivity (Wildman–Crippen MR) is 117 cm³/mol. The van der Waals surface area contributed by atoms with Crippen LogP contribution >= 0.6 is 23.2 Å². The standard InChI is InChI=1S/C21H28Cl2N4O2/c1-4-28-18-11-15(5-6-17(18)29-14(2)3)13-27-9-7-16(8-10-27)24-20-12-19(22)25-21(23)26-20/h5-6,11-12,14,16H,4,7-10,13H2,1-3H3,(H,24,25,26). The van der Waals surface area contributed by atoms with E-state index in [-0.39, 0.29) is 11.4 Å². The minimum Gasteiger partial charge on any atom is -0.490 e. The summed E-state index contributed by atoms with van der Waals surface area (Å²) in [6.07, 6.45) is 2.16. The summed E-state index contributed by atoms with van der Waals surface area (Å²) in [6, 6.07) is 8.27. The number of anilines is 1. The summed E-state index contributed by atoms with van der Waals surface area (Å²) in [7, 11) is 0. The number of piperidine rings is 1. The Labute approximate surface area is 182 Å². The molecule has 1 aliphatic rings. The van der Waals surface area contributed by atoms with Crippen LogP contribution in [0.25, 0.3) is 0 Å². The SMILES string of the molecule is CCOc1cc(CN2CCC(Nc3cc(Cl)nc(Cl)n3)CC2)ccc1OC(C)C. The Balaban J connectivity index is 1.55. The Hall–Kier alpha value is -1.76. The lowest BCUT2D eigenvalue weighted by atomic mass is 10.0. The molecule has 6 nitrogen and oxygen atoms in total. The number of benzene rings is 1. The molecule has 0 radical (unpaired) electrons. The minimum absolute atomic E-state index is 0.117. The van der Waals surface area contributed by atoms with Crippen molar-refractivity contribution in [2.24, 2.45) is 0 Å². The topological polar surface area (TPSA) is 59.5 Å². The Morgan fingerprint density at radius 2 is 1.90 bits per heavy atom. The first kappa shape index (κ1) is 21.9. The van der Waals surface area contributed by atoms with E-state index >= 15 is 0 Å². The van der Waals surface area contributed by atoms with Gasteiger partial charge >= 0.3 is 0 Å². The predicted octanol–water partition coefficient (Wildman–Crippen LogP) is 5.05. The molecule has 0 atom stereocenters. The van der Waals surface area contributed by atoms with Crippen molar-refractivity contribution in [1.82, 2.24) is 14.9 Å². The van der Waals surface area contributed by atoms with Crippen LogP contribution in [-0.4, -0.2) is 46.7 Å². The fourth-order valence-electron chi connectivity index (χ4n) is 3.44. The summed E-state index contributed by atoms with van der Waals surface area (Å²) < 4.78 is 11.6. The third-order valence-electron chi connectivity index (χ3n) is 4.68. The van der Waals surface area contributed by atoms with Crippen LogP contribution in [0.5, 0.6) is 11.5 Å². The number of rotatable bonds is 8. The van der Waals surface area contributed by atoms with E-state index in [1.165, 1.54) is 5.56 Å². The van der Waals surface area contributed by atoms with Gasteiger partial charge in [0.1, 0.15) is 11.0 Å². The highest BCUT2D eigenvalue weighted by Gasteiger charge is 2.20. The summed E-state index contributed by atoms with van der Waals surface area (Å²) in [5.41, 5.74) is 1.23. The third-order valence-corrected chi connectivity index (χ3v) is 5.05. The molecular formula is C21H28Cl2N4O2. The molecule has 8 heteroatoms. The van der Waals surface area contributed by atoms with Gasteiger partial charge in [-0.25, -0.2) is 9.97 Å². The van der Waals surface area contributed by atoms with Gasteiger partial charge in [-0.05, 0) is 62.9 Å². The number of likely N-dealkylation sites (tertiary alicyclic amines) is 1. The van der Waals surface area contributed by atoms with Crippen LogP contribution in [0, 0.1) is 0 Å². The van der Waals surface area contributed by atoms with E-state index in [1.807, 2.05) is 26.8 Å². The van der Waals surface area contributed by atoms with Gasteiger partial charge in [0.15, 0.2) is 11.5 Å². The fourth-order valence-corrected chi connectivity index (χ4v) is 3.85. The number of hydrogen-bond acceptors (Lipinski definition) is 6. The smallest absolute Gasteiger partial charge is 0.225 e. The Morgan fingerprint density at radius 3 is 2.55 bits per heavy atom. The first-order valence-electron chi connectivity index (χ1n) is 10.0. The van der Waals surface area contributed by atoms with Gasteiger partial charge in [-0.1, -0.05) is 17.7 Å². The van der Waals surface area contributed by atoms with Crippen LogP contribution in [0.3, 0.4) is 0 Å². The van der Waals surface area contributed by atoms with Crippen molar-refractivity contribution >= 4 is 29.0 Å². The van der Waals surface area contributed by atoms with E-state index in [1.54, 1.807) is 6.07 Å². The molecule has 0 aliphatic carbocycles. The molecule has 1 fully saturated rings. The maximum Gasteiger partial charge on any atom is 0.225 e. The first-order chi connectivity index (χ1) is 13.9. The highest BCUT2D eigenvalue weighted by atomic mass is 35.5. The Bertz CT molecular complexity index is 791. The quantitative estimate of drug-likeness (QED) is 0.459. The maximum absolute atomic E-state index is 5.95. The average Bonchev–Trinajstić information content (AvgIpc) is 2.64. The normalized spacial score (nSPS) is 15.5. The zero-order valence-corrected chi connectivity index (χ0v) is 18.6. The summed E-state index contributed by atoms with van der Waals surface area (Å²) in [4.78, 5) is 10.5. The van der Waals surface area contributed by atoms with Crippen LogP contribution in [-0.2, 0) is 6.54 Å². The number of nitrogens with zero attached hydrogens (tertiary/aromatic N) is 3. The van der Waals surface area contributed by atoms with Crippen LogP contribution in [0.15, 0.2) is 24.3 Å². The number of ether oxygens (including phenoxy) is 2. The molecule has 0 unspecified atom stereocenters. The van der Waals surface area contributed by atoms with Gasteiger partial charge < -0.3 is 14.8 Å². The van der Waals surface area contributed by atoms with Crippen molar-refractivity contribution in [1.29, 1.82) is 0 Å². The van der Waals surface area contributed by atoms with E-state index in [0.29, 0.717) is 23.6 Å². The van der Waals surface area contributed by atoms with Crippen molar-refractivity contribution in [2.45, 2.75) is 52.3 Å². The summed E-state index contributed by atoms with van der Waals surface area (Å²) in [6.45, 7) is 9.53. The van der Waals surface area contributed by atoms with Gasteiger partial charge in [0.25, 0.3) is 0 Å². The average molecular weight is 439 g/mol. The molecular weight excluding hydrogens is 411 g/mol. The van der Waals surface area contributed by atoms with Crippen molar-refractivity contribution in [3.8, 4) is 11.5 Å². The molecule has 2 heterocycles. The van der Waals surface area contributed by atoms with Crippen molar-refractivity contribution in [3.63, 3.8) is 0 Å². The van der Waals surface area contributed by atoms with Crippen molar-refractivity contribution in [2.75, 3.05) is 25.0 Å². The van der Waals surface area contributed by atoms with Crippen LogP contribution in [0.1, 0.15) is 39.2 Å². The molecule has 0 amide bonds. The third kappa shape index (κ3) is 6.63. The largest absolute Gasteiger partial charge is 0.490 e. The molecule has 0 bridgehead atoms. The first-order valence-corrected chi connectivity index (χ1v) is 10.8. The molecule has 1 N–H and O–H groups in total. The molecule has 1 aliphatic heterocycles. The molecule has 29 heavy (non-hydrogen) atoms. The van der Waals surface area contributed by atoms with E-state index in [9.17, 15) is 0 Å². The van der Waals surface area contributed by atoms with Gasteiger partial charge in [-0.15, -0.1) is 0 Å². The zero-order valence-electron chi connectivity index (χ0n) is 17.1. The van der Waals surface area contributed by atoms with Gasteiger partial charge in [-0.3, -0.25) is 4.90 Å². The van der Waals surface area contributed by atoms with E-state index in [2.05, 4.69) is 32.3 Å². The van der Waals surface area contributed by atoms with Crippen LogP contribution in [0.2, 0.25) is 10.4 Å². The number of halogens is 2. The molecule has 0 saturated carbocycles. The Morgan fingerprint density at radius 1 is 1.14 bits per heavy atom. The number of nitrogens with one attached hydrogen (secondary N) is 1. The number of aromatic nitrogens is 2. The molecule has 158 valence electrons. The lowest BCUT2D eigenvalue weighted by molar-refractivity contribution is 0.209. The lowest BCUT2D eigenvalue weighted by Crippen LogP contribution is -2.38. The second-order valence-corrected chi connectivity index (χ2v) is 8.15. The molecule has 1 saturated heterocycles. The van der Waals surface area contributed by atoms with E-state index < -0.39 is 0 Å². The van der Waals surface area contributed by atoms with Gasteiger partial charge in [0.2, 0.25) is 5.28 Å². The second kappa shape index (κ2) is 10.3. The van der Waals surface area contributed by atoms with Crippen LogP contribution < -0.4 is 14.8 Å². The minimum atomic E-state index is 0.117. The molecule has 0 spiro atoms. The number of hydrogen-bond donors (Lipinski definition) is 1. The second-order valence-electron chi connectivity index (χ2n) is 7.42. The van der Waals surface area contributed by atoms with Gasteiger partial charge in [-0.2, -0.15) is 0 Å². The molecule has 3 rings (SSSR count). The maximum atomic E-state index is 5.95. The fraction of sp³-hybridized carbons (Fsp3) is 0.524. The molecule has 1 aromatic heterocycles. The monoisotopic (exact) mass is 438 g/mol. The summed E-state index contributed by atoms with van der Waals surface area (Å²) in [5.74, 6) is 2.29. The highest BCUT2D eigenvalue weighted by molar-refractivity contribution is 6.32. The van der Waals surface area contributed by atoms with E-state index in [0.717, 1.165) is 44.0 Å².